The highest BCUT2D eigenvalue weighted by molar-refractivity contribution is 6.99. The summed E-state index contributed by atoms with van der Waals surface area (Å²) in [5.74, 6) is -1.26. The monoisotopic (exact) mass is 456 g/mol. The molecule has 0 bridgehead atoms. The Balaban J connectivity index is 2.34. The molecule has 0 unspecified atom stereocenters. The number of carbonyl (C=O) groups excluding carboxylic acids is 1. The summed E-state index contributed by atoms with van der Waals surface area (Å²) < 4.78 is 12.4. The maximum absolute atomic E-state index is 12.5. The Bertz CT molecular complexity index is 813. The van der Waals surface area contributed by atoms with Crippen LogP contribution in [0.2, 0.25) is 5.04 Å². The number of esters is 1. The van der Waals surface area contributed by atoms with Crippen LogP contribution in [0.15, 0.2) is 60.7 Å². The number of rotatable bonds is 8. The summed E-state index contributed by atoms with van der Waals surface area (Å²) in [6.07, 6.45) is -0.858. The lowest BCUT2D eigenvalue weighted by atomic mass is 9.94. The predicted molar refractivity (Wildman–Crippen MR) is 134 cm³/mol. The molecule has 0 radical (unpaired) electrons. The fourth-order valence-corrected chi connectivity index (χ4v) is 8.81. The van der Waals surface area contributed by atoms with E-state index in [0.717, 1.165) is 0 Å². The van der Waals surface area contributed by atoms with E-state index in [2.05, 4.69) is 69.3 Å². The molecule has 2 rings (SSSR count). The van der Waals surface area contributed by atoms with Crippen molar-refractivity contribution in [2.45, 2.75) is 72.1 Å². The SMILES string of the molecule is C[C@H](CO[Si](c1ccccc1)(c1ccccc1)C(C)(C)C)[C@@H](O)[C@@H](C)C(=O)OC(C)(C)C. The summed E-state index contributed by atoms with van der Waals surface area (Å²) in [7, 11) is -2.69. The lowest BCUT2D eigenvalue weighted by Crippen LogP contribution is -2.67. The Hall–Kier alpha value is -1.95. The molecule has 2 aromatic rings. The van der Waals surface area contributed by atoms with E-state index in [1.54, 1.807) is 6.92 Å². The van der Waals surface area contributed by atoms with Crippen molar-refractivity contribution in [2.75, 3.05) is 6.61 Å². The van der Waals surface area contributed by atoms with Crippen LogP contribution in [0.5, 0.6) is 0 Å². The summed E-state index contributed by atoms with van der Waals surface area (Å²) in [5, 5.41) is 13.2. The molecule has 0 saturated carbocycles. The van der Waals surface area contributed by atoms with Crippen LogP contribution >= 0.6 is 0 Å². The topological polar surface area (TPSA) is 55.8 Å². The van der Waals surface area contributed by atoms with Crippen LogP contribution in [0.3, 0.4) is 0 Å². The van der Waals surface area contributed by atoms with Crippen molar-refractivity contribution in [3.05, 3.63) is 60.7 Å². The van der Waals surface area contributed by atoms with Crippen molar-refractivity contribution in [1.82, 2.24) is 0 Å². The molecule has 0 aliphatic carbocycles. The van der Waals surface area contributed by atoms with E-state index in [9.17, 15) is 9.90 Å². The Kier molecular flexibility index (Phi) is 8.48. The molecule has 176 valence electrons. The Morgan fingerprint density at radius 2 is 1.31 bits per heavy atom. The fraction of sp³-hybridized carbons (Fsp3) is 0.519. The molecule has 0 saturated heterocycles. The van der Waals surface area contributed by atoms with E-state index in [-0.39, 0.29) is 16.9 Å². The highest BCUT2D eigenvalue weighted by Crippen LogP contribution is 2.37. The summed E-state index contributed by atoms with van der Waals surface area (Å²) in [6, 6.07) is 20.8. The molecule has 0 aromatic heterocycles. The first-order valence-corrected chi connectivity index (χ1v) is 13.4. The standard InChI is InChI=1S/C27H40O4Si/c1-20(24(28)21(2)25(29)31-26(3,4)5)19-30-32(27(6,7)8,22-15-11-9-12-16-22)23-17-13-10-14-18-23/h9-18,20-21,24,28H,19H2,1-8H3/t20-,21-,24-/m1/s1. The molecule has 0 amide bonds. The van der Waals surface area contributed by atoms with E-state index in [1.165, 1.54) is 10.4 Å². The molecule has 3 atom stereocenters. The van der Waals surface area contributed by atoms with Gasteiger partial charge in [-0.15, -0.1) is 0 Å². The molecule has 0 aliphatic heterocycles. The fourth-order valence-electron chi connectivity index (χ4n) is 4.14. The van der Waals surface area contributed by atoms with Crippen LogP contribution in [-0.4, -0.2) is 37.7 Å². The van der Waals surface area contributed by atoms with E-state index in [4.69, 9.17) is 9.16 Å². The van der Waals surface area contributed by atoms with E-state index >= 15 is 0 Å². The van der Waals surface area contributed by atoms with Crippen LogP contribution < -0.4 is 10.4 Å². The minimum Gasteiger partial charge on any atom is -0.460 e. The van der Waals surface area contributed by atoms with E-state index < -0.39 is 25.9 Å². The first kappa shape index (κ1) is 26.3. The number of ether oxygens (including phenoxy) is 1. The summed E-state index contributed by atoms with van der Waals surface area (Å²) >= 11 is 0. The molecule has 0 aliphatic rings. The van der Waals surface area contributed by atoms with E-state index in [0.29, 0.717) is 6.61 Å². The third-order valence-corrected chi connectivity index (χ3v) is 10.9. The van der Waals surface area contributed by atoms with Crippen molar-refractivity contribution in [3.8, 4) is 0 Å². The van der Waals surface area contributed by atoms with Gasteiger partial charge in [-0.2, -0.15) is 0 Å². The maximum atomic E-state index is 12.5. The van der Waals surface area contributed by atoms with Gasteiger partial charge in [0.05, 0.1) is 12.0 Å². The van der Waals surface area contributed by atoms with Crippen LogP contribution in [0.1, 0.15) is 55.4 Å². The molecule has 0 heterocycles. The molecular formula is C27H40O4Si. The quantitative estimate of drug-likeness (QED) is 0.468. The molecule has 2 aromatic carbocycles. The van der Waals surface area contributed by atoms with Gasteiger partial charge in [0.15, 0.2) is 0 Å². The highest BCUT2D eigenvalue weighted by atomic mass is 28.4. The molecule has 0 fully saturated rings. The molecule has 32 heavy (non-hydrogen) atoms. The van der Waals surface area contributed by atoms with Gasteiger partial charge in [0.25, 0.3) is 8.32 Å². The third kappa shape index (κ3) is 6.09. The second kappa shape index (κ2) is 10.3. The summed E-state index contributed by atoms with van der Waals surface area (Å²) in [6.45, 7) is 16.2. The first-order valence-electron chi connectivity index (χ1n) is 11.5. The first-order chi connectivity index (χ1) is 14.8. The van der Waals surface area contributed by atoms with Gasteiger partial charge in [0, 0.05) is 12.5 Å². The smallest absolute Gasteiger partial charge is 0.311 e. The van der Waals surface area contributed by atoms with Crippen molar-refractivity contribution >= 4 is 24.7 Å². The molecule has 5 heteroatoms. The molecule has 1 N–H and O–H groups in total. The predicted octanol–water partition coefficient (Wildman–Crippen LogP) is 4.54. The second-order valence-corrected chi connectivity index (χ2v) is 15.1. The largest absolute Gasteiger partial charge is 0.460 e. The molecule has 0 spiro atoms. The number of aliphatic hydroxyl groups excluding tert-OH is 1. The maximum Gasteiger partial charge on any atom is 0.311 e. The Labute approximate surface area is 195 Å². The molecular weight excluding hydrogens is 416 g/mol. The zero-order valence-electron chi connectivity index (χ0n) is 20.9. The Morgan fingerprint density at radius 1 is 0.875 bits per heavy atom. The zero-order valence-corrected chi connectivity index (χ0v) is 21.9. The Morgan fingerprint density at radius 3 is 1.69 bits per heavy atom. The third-order valence-electron chi connectivity index (χ3n) is 5.85. The van der Waals surface area contributed by atoms with Gasteiger partial charge in [0.2, 0.25) is 0 Å². The number of benzene rings is 2. The zero-order chi connectivity index (χ0) is 24.2. The van der Waals surface area contributed by atoms with Gasteiger partial charge in [0.1, 0.15) is 5.60 Å². The average molecular weight is 457 g/mol. The minimum atomic E-state index is -2.69. The van der Waals surface area contributed by atoms with Crippen LogP contribution in [0.25, 0.3) is 0 Å². The van der Waals surface area contributed by atoms with Gasteiger partial charge in [-0.05, 0) is 43.1 Å². The van der Waals surface area contributed by atoms with Crippen molar-refractivity contribution < 1.29 is 19.1 Å². The number of carbonyl (C=O) groups is 1. The van der Waals surface area contributed by atoms with Crippen LogP contribution in [-0.2, 0) is 14.0 Å². The van der Waals surface area contributed by atoms with Gasteiger partial charge >= 0.3 is 5.97 Å². The van der Waals surface area contributed by atoms with Crippen molar-refractivity contribution in [2.24, 2.45) is 11.8 Å². The van der Waals surface area contributed by atoms with Gasteiger partial charge in [-0.1, -0.05) is 88.4 Å². The van der Waals surface area contributed by atoms with Crippen molar-refractivity contribution in [3.63, 3.8) is 0 Å². The van der Waals surface area contributed by atoms with Gasteiger partial charge in [-0.3, -0.25) is 4.79 Å². The lowest BCUT2D eigenvalue weighted by molar-refractivity contribution is -0.164. The lowest BCUT2D eigenvalue weighted by Gasteiger charge is -2.44. The second-order valence-electron chi connectivity index (χ2n) is 10.8. The summed E-state index contributed by atoms with van der Waals surface area (Å²) in [4.78, 5) is 12.5. The highest BCUT2D eigenvalue weighted by Gasteiger charge is 2.50. The number of aliphatic hydroxyl groups is 1. The normalized spacial score (nSPS) is 15.7. The average Bonchev–Trinajstić information content (AvgIpc) is 2.72. The van der Waals surface area contributed by atoms with E-state index in [1.807, 2.05) is 39.8 Å². The minimum absolute atomic E-state index is 0.142. The number of hydrogen-bond donors (Lipinski definition) is 1. The van der Waals surface area contributed by atoms with Gasteiger partial charge < -0.3 is 14.3 Å². The van der Waals surface area contributed by atoms with Gasteiger partial charge in [-0.25, -0.2) is 0 Å². The van der Waals surface area contributed by atoms with Crippen molar-refractivity contribution in [1.29, 1.82) is 0 Å². The summed E-state index contributed by atoms with van der Waals surface area (Å²) in [5.41, 5.74) is -0.584. The van der Waals surface area contributed by atoms with Crippen LogP contribution in [0, 0.1) is 11.8 Å². The van der Waals surface area contributed by atoms with Crippen LogP contribution in [0.4, 0.5) is 0 Å². The number of hydrogen-bond acceptors (Lipinski definition) is 4. The molecule has 4 nitrogen and oxygen atoms in total.